The lowest BCUT2D eigenvalue weighted by Gasteiger charge is -2.26. The number of anilines is 1. The molecule has 0 heterocycles. The first kappa shape index (κ1) is 21.0. The van der Waals surface area contributed by atoms with E-state index in [1.54, 1.807) is 30.3 Å². The maximum absolute atomic E-state index is 14.4. The van der Waals surface area contributed by atoms with Gasteiger partial charge in [0, 0.05) is 16.7 Å². The van der Waals surface area contributed by atoms with Crippen molar-refractivity contribution in [1.82, 2.24) is 0 Å². The standard InChI is InChI=1S/C21H19ClFNO4S/c1-27-20-12-11-15(13-21(20)28-2)24(14-17-18(22)9-6-10-19(17)23)29(25,26)16-7-4-3-5-8-16/h3-13H,14H2,1-2H3. The molecule has 0 N–H and O–H groups in total. The van der Waals surface area contributed by atoms with Gasteiger partial charge in [0.2, 0.25) is 0 Å². The number of methoxy groups -OCH3 is 2. The van der Waals surface area contributed by atoms with E-state index in [-0.39, 0.29) is 27.7 Å². The molecule has 0 unspecified atom stereocenters. The van der Waals surface area contributed by atoms with Crippen molar-refractivity contribution >= 4 is 27.3 Å². The third-order valence-electron chi connectivity index (χ3n) is 4.35. The van der Waals surface area contributed by atoms with Gasteiger partial charge in [0.25, 0.3) is 10.0 Å². The van der Waals surface area contributed by atoms with Gasteiger partial charge in [-0.15, -0.1) is 0 Å². The summed E-state index contributed by atoms with van der Waals surface area (Å²) in [7, 11) is -1.09. The van der Waals surface area contributed by atoms with Crippen molar-refractivity contribution in [3.8, 4) is 11.5 Å². The fourth-order valence-electron chi connectivity index (χ4n) is 2.84. The predicted molar refractivity (Wildman–Crippen MR) is 111 cm³/mol. The normalized spacial score (nSPS) is 11.2. The van der Waals surface area contributed by atoms with E-state index in [4.69, 9.17) is 21.1 Å². The van der Waals surface area contributed by atoms with Gasteiger partial charge < -0.3 is 9.47 Å². The molecular weight excluding hydrogens is 417 g/mol. The second-order valence-corrected chi connectivity index (χ2v) is 8.33. The van der Waals surface area contributed by atoms with E-state index in [1.165, 1.54) is 50.6 Å². The highest BCUT2D eigenvalue weighted by Crippen LogP contribution is 2.35. The number of nitrogens with zero attached hydrogens (tertiary/aromatic N) is 1. The molecule has 0 amide bonds. The van der Waals surface area contributed by atoms with Crippen LogP contribution in [0.5, 0.6) is 11.5 Å². The predicted octanol–water partition coefficient (Wildman–Crippen LogP) is 4.89. The Balaban J connectivity index is 2.17. The molecule has 3 rings (SSSR count). The van der Waals surface area contributed by atoms with E-state index in [1.807, 2.05) is 0 Å². The Morgan fingerprint density at radius 3 is 2.24 bits per heavy atom. The molecular formula is C21H19ClFNO4S. The summed E-state index contributed by atoms with van der Waals surface area (Å²) in [6.45, 7) is -0.293. The summed E-state index contributed by atoms with van der Waals surface area (Å²) in [4.78, 5) is 0.0715. The fourth-order valence-corrected chi connectivity index (χ4v) is 4.51. The Morgan fingerprint density at radius 1 is 0.931 bits per heavy atom. The number of halogens is 2. The molecule has 0 bridgehead atoms. The molecule has 0 radical (unpaired) electrons. The van der Waals surface area contributed by atoms with Crippen LogP contribution >= 0.6 is 11.6 Å². The van der Waals surface area contributed by atoms with E-state index < -0.39 is 15.8 Å². The van der Waals surface area contributed by atoms with Crippen molar-refractivity contribution in [2.75, 3.05) is 18.5 Å². The van der Waals surface area contributed by atoms with E-state index in [9.17, 15) is 12.8 Å². The molecule has 8 heteroatoms. The minimum Gasteiger partial charge on any atom is -0.493 e. The monoisotopic (exact) mass is 435 g/mol. The van der Waals surface area contributed by atoms with Crippen molar-refractivity contribution in [2.24, 2.45) is 0 Å². The van der Waals surface area contributed by atoms with Crippen LogP contribution in [0.4, 0.5) is 10.1 Å². The van der Waals surface area contributed by atoms with E-state index in [2.05, 4.69) is 0 Å². The molecule has 0 spiro atoms. The molecule has 0 saturated heterocycles. The van der Waals surface area contributed by atoms with Crippen molar-refractivity contribution in [3.63, 3.8) is 0 Å². The van der Waals surface area contributed by atoms with Gasteiger partial charge in [-0.05, 0) is 36.4 Å². The van der Waals surface area contributed by atoms with Crippen LogP contribution in [0, 0.1) is 5.82 Å². The smallest absolute Gasteiger partial charge is 0.264 e. The van der Waals surface area contributed by atoms with Crippen LogP contribution < -0.4 is 13.8 Å². The Morgan fingerprint density at radius 2 is 1.62 bits per heavy atom. The highest BCUT2D eigenvalue weighted by Gasteiger charge is 2.27. The first-order valence-electron chi connectivity index (χ1n) is 8.61. The zero-order valence-electron chi connectivity index (χ0n) is 15.8. The minimum absolute atomic E-state index is 0.0715. The third-order valence-corrected chi connectivity index (χ3v) is 6.49. The zero-order chi connectivity index (χ0) is 21.0. The third kappa shape index (κ3) is 4.31. The molecule has 0 fully saturated rings. The van der Waals surface area contributed by atoms with Gasteiger partial charge in [0.05, 0.1) is 31.3 Å². The van der Waals surface area contributed by atoms with Crippen LogP contribution in [0.25, 0.3) is 0 Å². The zero-order valence-corrected chi connectivity index (χ0v) is 17.4. The summed E-state index contributed by atoms with van der Waals surface area (Å²) in [6.07, 6.45) is 0. The first-order chi connectivity index (χ1) is 13.9. The van der Waals surface area contributed by atoms with Gasteiger partial charge in [-0.3, -0.25) is 4.31 Å². The van der Waals surface area contributed by atoms with Gasteiger partial charge in [-0.1, -0.05) is 35.9 Å². The average molecular weight is 436 g/mol. The maximum Gasteiger partial charge on any atom is 0.264 e. The second-order valence-electron chi connectivity index (χ2n) is 6.06. The number of sulfonamides is 1. The molecule has 3 aromatic carbocycles. The lowest BCUT2D eigenvalue weighted by atomic mass is 10.2. The lowest BCUT2D eigenvalue weighted by Crippen LogP contribution is -2.31. The molecule has 0 aliphatic rings. The molecule has 29 heavy (non-hydrogen) atoms. The van der Waals surface area contributed by atoms with Crippen LogP contribution in [0.1, 0.15) is 5.56 Å². The van der Waals surface area contributed by atoms with Gasteiger partial charge in [-0.2, -0.15) is 0 Å². The molecule has 0 atom stereocenters. The first-order valence-corrected chi connectivity index (χ1v) is 10.4. The van der Waals surface area contributed by atoms with E-state index in [0.717, 1.165) is 4.31 Å². The molecule has 3 aromatic rings. The Labute approximate surface area is 174 Å². The summed E-state index contributed by atoms with van der Waals surface area (Å²) in [5, 5.41) is 0.138. The number of hydrogen-bond acceptors (Lipinski definition) is 4. The van der Waals surface area contributed by atoms with Gasteiger partial charge in [-0.25, -0.2) is 12.8 Å². The van der Waals surface area contributed by atoms with Gasteiger partial charge in [0.15, 0.2) is 11.5 Å². The Hall–Kier alpha value is -2.77. The van der Waals surface area contributed by atoms with Crippen molar-refractivity contribution in [1.29, 1.82) is 0 Å². The van der Waals surface area contributed by atoms with Crippen LogP contribution in [0.15, 0.2) is 71.6 Å². The number of rotatable bonds is 7. The highest BCUT2D eigenvalue weighted by molar-refractivity contribution is 7.92. The summed E-state index contributed by atoms with van der Waals surface area (Å²) in [5.74, 6) is 0.196. The van der Waals surface area contributed by atoms with Crippen LogP contribution in [-0.4, -0.2) is 22.6 Å². The highest BCUT2D eigenvalue weighted by atomic mass is 35.5. The SMILES string of the molecule is COc1ccc(N(Cc2c(F)cccc2Cl)S(=O)(=O)c2ccccc2)cc1OC. The molecule has 0 aliphatic heterocycles. The maximum atomic E-state index is 14.4. The summed E-state index contributed by atoms with van der Waals surface area (Å²) >= 11 is 6.16. The van der Waals surface area contributed by atoms with Crippen molar-refractivity contribution < 1.29 is 22.3 Å². The number of benzene rings is 3. The molecule has 152 valence electrons. The van der Waals surface area contributed by atoms with Crippen LogP contribution in [-0.2, 0) is 16.6 Å². The Bertz CT molecular complexity index is 1090. The van der Waals surface area contributed by atoms with Crippen molar-refractivity contribution in [2.45, 2.75) is 11.4 Å². The molecule has 0 saturated carbocycles. The molecule has 0 aromatic heterocycles. The lowest BCUT2D eigenvalue weighted by molar-refractivity contribution is 0.355. The summed E-state index contributed by atoms with van der Waals surface area (Å²) in [6, 6.07) is 16.8. The molecule has 0 aliphatic carbocycles. The fraction of sp³-hybridized carbons (Fsp3) is 0.143. The van der Waals surface area contributed by atoms with Gasteiger partial charge in [0.1, 0.15) is 5.82 Å². The molecule has 5 nitrogen and oxygen atoms in total. The van der Waals surface area contributed by atoms with E-state index in [0.29, 0.717) is 11.5 Å². The number of hydrogen-bond donors (Lipinski definition) is 0. The Kier molecular flexibility index (Phi) is 6.30. The van der Waals surface area contributed by atoms with Crippen LogP contribution in [0.3, 0.4) is 0 Å². The second kappa shape index (κ2) is 8.71. The quantitative estimate of drug-likeness (QED) is 0.530. The van der Waals surface area contributed by atoms with Gasteiger partial charge >= 0.3 is 0 Å². The van der Waals surface area contributed by atoms with Crippen molar-refractivity contribution in [3.05, 3.63) is 83.1 Å². The topological polar surface area (TPSA) is 55.8 Å². The summed E-state index contributed by atoms with van der Waals surface area (Å²) < 4.78 is 52.8. The number of ether oxygens (including phenoxy) is 2. The van der Waals surface area contributed by atoms with E-state index >= 15 is 0 Å². The largest absolute Gasteiger partial charge is 0.493 e. The van der Waals surface area contributed by atoms with Crippen LogP contribution in [0.2, 0.25) is 5.02 Å². The summed E-state index contributed by atoms with van der Waals surface area (Å²) in [5.41, 5.74) is 0.356. The average Bonchev–Trinajstić information content (AvgIpc) is 2.73. The minimum atomic E-state index is -4.02.